The van der Waals surface area contributed by atoms with Crippen LogP contribution in [0.3, 0.4) is 0 Å². The molecule has 6 rings (SSSR count). The second-order valence-corrected chi connectivity index (χ2v) is 13.2. The maximum absolute atomic E-state index is 12.2. The number of ether oxygens (including phenoxy) is 3. The lowest BCUT2D eigenvalue weighted by Gasteiger charge is -2.41. The number of phenols is 1. The Labute approximate surface area is 305 Å². The zero-order chi connectivity index (χ0) is 36.5. The van der Waals surface area contributed by atoms with Gasteiger partial charge in [0.2, 0.25) is 5.16 Å². The van der Waals surface area contributed by atoms with Gasteiger partial charge in [-0.1, -0.05) is 85.4 Å². The number of nitrogens with zero attached hydrogens (tertiary/aromatic N) is 4. The molecule has 0 radical (unpaired) electrons. The first kappa shape index (κ1) is 36.5. The Morgan fingerprint density at radius 3 is 2.38 bits per heavy atom. The van der Waals surface area contributed by atoms with Crippen LogP contribution in [0.5, 0.6) is 5.75 Å². The molecule has 52 heavy (non-hydrogen) atoms. The van der Waals surface area contributed by atoms with E-state index in [1.807, 2.05) is 72.8 Å². The summed E-state index contributed by atoms with van der Waals surface area (Å²) in [6.07, 6.45) is -1.19. The fraction of sp³-hybridized carbons (Fsp3) is 0.289. The van der Waals surface area contributed by atoms with E-state index >= 15 is 0 Å². The Hall–Kier alpha value is -5.28. The molecule has 5 aromatic rings. The monoisotopic (exact) mass is 724 g/mol. The van der Waals surface area contributed by atoms with E-state index in [1.165, 1.54) is 11.8 Å². The van der Waals surface area contributed by atoms with Crippen molar-refractivity contribution in [1.82, 2.24) is 30.8 Å². The molecule has 1 aliphatic heterocycles. The lowest BCUT2D eigenvalue weighted by molar-refractivity contribution is -0.268. The van der Waals surface area contributed by atoms with Crippen LogP contribution in [0.15, 0.2) is 102 Å². The molecule has 0 saturated carbocycles. The number of carbonyl (C=O) groups excluding carboxylic acids is 2. The largest absolute Gasteiger partial charge is 0.508 e. The average molecular weight is 725 g/mol. The third kappa shape index (κ3) is 9.14. The van der Waals surface area contributed by atoms with Crippen LogP contribution in [0.4, 0.5) is 4.79 Å². The molecule has 0 bridgehead atoms. The first-order valence-electron chi connectivity index (χ1n) is 16.9. The lowest BCUT2D eigenvalue weighted by Crippen LogP contribution is -2.38. The molecule has 14 heteroatoms. The number of urea groups is 1. The van der Waals surface area contributed by atoms with Gasteiger partial charge in [0, 0.05) is 23.8 Å². The molecule has 1 saturated heterocycles. The van der Waals surface area contributed by atoms with E-state index in [2.05, 4.69) is 33.1 Å². The molecule has 4 unspecified atom stereocenters. The fourth-order valence-electron chi connectivity index (χ4n) is 5.79. The first-order chi connectivity index (χ1) is 25.3. The van der Waals surface area contributed by atoms with Crippen LogP contribution in [0, 0.1) is 5.92 Å². The van der Waals surface area contributed by atoms with Crippen molar-refractivity contribution in [3.8, 4) is 22.6 Å². The summed E-state index contributed by atoms with van der Waals surface area (Å²) in [5.41, 5.74) is 6.23. The zero-order valence-electron chi connectivity index (χ0n) is 28.7. The summed E-state index contributed by atoms with van der Waals surface area (Å²) in [5.74, 6) is 0.173. The van der Waals surface area contributed by atoms with Crippen molar-refractivity contribution in [2.24, 2.45) is 5.92 Å². The van der Waals surface area contributed by atoms with Gasteiger partial charge in [-0.05, 0) is 75.5 Å². The van der Waals surface area contributed by atoms with Crippen molar-refractivity contribution >= 4 is 23.8 Å². The standard InChI is InChI=1S/C38H40N6O7S/c1-3-49-34(47)21-40-37(48)39-20-26-5-4-6-30(19-26)27-11-13-29(14-12-27)36-50-33(24(2)35(51-36)28-9-7-25(22-45)8-10-28)23-52-38-41-42-43-44(38)31-15-17-32(46)18-16-31/h4-19,24,33,35-36,45-46H,3,20-23H2,1-2H3,(H2,39,40,48). The number of phenolic OH excluding ortho intramolecular Hbond substituents is 1. The van der Waals surface area contributed by atoms with Gasteiger partial charge in [-0.25, -0.2) is 4.79 Å². The van der Waals surface area contributed by atoms with E-state index in [9.17, 15) is 19.8 Å². The molecule has 1 fully saturated rings. The minimum absolute atomic E-state index is 0.0374. The third-order valence-electron chi connectivity index (χ3n) is 8.63. The minimum atomic E-state index is -0.657. The highest BCUT2D eigenvalue weighted by Crippen LogP contribution is 2.43. The number of esters is 1. The number of aromatic nitrogens is 4. The Balaban J connectivity index is 1.16. The van der Waals surface area contributed by atoms with Gasteiger partial charge in [0.15, 0.2) is 6.29 Å². The van der Waals surface area contributed by atoms with Gasteiger partial charge in [0.05, 0.1) is 31.1 Å². The molecular formula is C38H40N6O7S. The van der Waals surface area contributed by atoms with E-state index in [0.717, 1.165) is 39.1 Å². The number of aliphatic hydroxyl groups is 1. The summed E-state index contributed by atoms with van der Waals surface area (Å²) in [5, 5.41) is 37.4. The summed E-state index contributed by atoms with van der Waals surface area (Å²) in [7, 11) is 0. The lowest BCUT2D eigenvalue weighted by atomic mass is 9.91. The summed E-state index contributed by atoms with van der Waals surface area (Å²) < 4.78 is 19.7. The van der Waals surface area contributed by atoms with Gasteiger partial charge >= 0.3 is 12.0 Å². The smallest absolute Gasteiger partial charge is 0.325 e. The van der Waals surface area contributed by atoms with Crippen molar-refractivity contribution in [1.29, 1.82) is 0 Å². The normalized spacial score (nSPS) is 18.4. The number of carbonyl (C=O) groups is 2. The molecule has 4 aromatic carbocycles. The predicted molar refractivity (Wildman–Crippen MR) is 193 cm³/mol. The Kier molecular flexibility index (Phi) is 12.1. The summed E-state index contributed by atoms with van der Waals surface area (Å²) in [4.78, 5) is 23.7. The van der Waals surface area contributed by atoms with E-state index in [-0.39, 0.29) is 50.2 Å². The Morgan fingerprint density at radius 1 is 0.904 bits per heavy atom. The number of aromatic hydroxyl groups is 1. The van der Waals surface area contributed by atoms with Gasteiger partial charge in [0.25, 0.3) is 0 Å². The van der Waals surface area contributed by atoms with Crippen LogP contribution < -0.4 is 10.6 Å². The number of thioether (sulfide) groups is 1. The molecule has 0 spiro atoms. The summed E-state index contributed by atoms with van der Waals surface area (Å²) in [6, 6.07) is 29.8. The number of aliphatic hydroxyl groups excluding tert-OH is 1. The number of rotatable bonds is 13. The molecule has 4 N–H and O–H groups in total. The van der Waals surface area contributed by atoms with Crippen molar-refractivity contribution in [3.63, 3.8) is 0 Å². The number of nitrogens with one attached hydrogen (secondary N) is 2. The fourth-order valence-corrected chi connectivity index (χ4v) is 6.85. The molecule has 4 atom stereocenters. The molecule has 2 heterocycles. The van der Waals surface area contributed by atoms with Gasteiger partial charge in [-0.2, -0.15) is 4.68 Å². The number of benzene rings is 4. The van der Waals surface area contributed by atoms with Crippen LogP contribution in [-0.4, -0.2) is 67.4 Å². The maximum atomic E-state index is 12.2. The van der Waals surface area contributed by atoms with E-state index in [1.54, 1.807) is 35.9 Å². The predicted octanol–water partition coefficient (Wildman–Crippen LogP) is 5.47. The van der Waals surface area contributed by atoms with Gasteiger partial charge < -0.3 is 35.1 Å². The maximum Gasteiger partial charge on any atom is 0.325 e. The highest BCUT2D eigenvalue weighted by atomic mass is 32.2. The van der Waals surface area contributed by atoms with Gasteiger partial charge in [-0.3, -0.25) is 4.79 Å². The van der Waals surface area contributed by atoms with Crippen molar-refractivity contribution < 1.29 is 34.0 Å². The Morgan fingerprint density at radius 2 is 1.65 bits per heavy atom. The van der Waals surface area contributed by atoms with Crippen LogP contribution in [-0.2, 0) is 32.2 Å². The van der Waals surface area contributed by atoms with Crippen LogP contribution in [0.25, 0.3) is 16.8 Å². The average Bonchev–Trinajstić information content (AvgIpc) is 3.65. The topological polar surface area (TPSA) is 170 Å². The van der Waals surface area contributed by atoms with Crippen LogP contribution in [0.2, 0.25) is 0 Å². The molecule has 0 aliphatic carbocycles. The molecule has 1 aliphatic rings. The SMILES string of the molecule is CCOC(=O)CNC(=O)NCc1cccc(-c2ccc(C3OC(CSc4nnnn4-c4ccc(O)cc4)C(C)C(c4ccc(CO)cc4)O3)cc2)c1. The molecule has 2 amide bonds. The highest BCUT2D eigenvalue weighted by molar-refractivity contribution is 7.99. The van der Waals surface area contributed by atoms with E-state index in [0.29, 0.717) is 10.9 Å². The molecule has 270 valence electrons. The number of hydrogen-bond donors (Lipinski definition) is 4. The second kappa shape index (κ2) is 17.3. The molecular weight excluding hydrogens is 685 g/mol. The van der Waals surface area contributed by atoms with Gasteiger partial charge in [0.1, 0.15) is 12.3 Å². The first-order valence-corrected chi connectivity index (χ1v) is 17.9. The Bertz CT molecular complexity index is 1940. The van der Waals surface area contributed by atoms with Crippen LogP contribution >= 0.6 is 11.8 Å². The third-order valence-corrected chi connectivity index (χ3v) is 9.64. The molecule has 13 nitrogen and oxygen atoms in total. The second-order valence-electron chi connectivity index (χ2n) is 12.2. The minimum Gasteiger partial charge on any atom is -0.508 e. The number of hydrogen-bond acceptors (Lipinski definition) is 11. The van der Waals surface area contributed by atoms with Crippen molar-refractivity contribution in [3.05, 3.63) is 119 Å². The zero-order valence-corrected chi connectivity index (χ0v) is 29.5. The summed E-state index contributed by atoms with van der Waals surface area (Å²) >= 11 is 1.48. The van der Waals surface area contributed by atoms with E-state index in [4.69, 9.17) is 14.2 Å². The quantitative estimate of drug-likeness (QED) is 0.0897. The highest BCUT2D eigenvalue weighted by Gasteiger charge is 2.38. The number of amides is 2. The number of tetrazole rings is 1. The van der Waals surface area contributed by atoms with Crippen LogP contribution in [0.1, 0.15) is 48.5 Å². The van der Waals surface area contributed by atoms with Crippen molar-refractivity contribution in [2.75, 3.05) is 18.9 Å². The van der Waals surface area contributed by atoms with Gasteiger partial charge in [-0.15, -0.1) is 5.10 Å². The van der Waals surface area contributed by atoms with E-state index < -0.39 is 18.3 Å². The summed E-state index contributed by atoms with van der Waals surface area (Å²) in [6.45, 7) is 4.11. The van der Waals surface area contributed by atoms with Crippen molar-refractivity contribution in [2.45, 2.75) is 50.7 Å². The molecule has 1 aromatic heterocycles.